The van der Waals surface area contributed by atoms with Crippen molar-refractivity contribution in [3.05, 3.63) is 47.7 Å². The molecule has 40 heavy (non-hydrogen) atoms. The number of aliphatic imine (C=N–C) groups is 1. The molecule has 1 amide bonds. The minimum atomic E-state index is -4.80. The number of ether oxygens (including phenoxy) is 2. The number of halogens is 5. The van der Waals surface area contributed by atoms with Crippen molar-refractivity contribution >= 4 is 71.4 Å². The van der Waals surface area contributed by atoms with Gasteiger partial charge in [-0.1, -0.05) is 0 Å². The third kappa shape index (κ3) is 6.87. The van der Waals surface area contributed by atoms with Crippen LogP contribution in [0, 0.1) is 28.5 Å². The second-order valence-electron chi connectivity index (χ2n) is 8.59. The number of alkyl halides is 4. The van der Waals surface area contributed by atoms with Gasteiger partial charge in [0.2, 0.25) is 12.7 Å². The Kier molecular flexibility index (Phi) is 13.1. The van der Waals surface area contributed by atoms with Crippen LogP contribution in [0.1, 0.15) is 29.4 Å². The van der Waals surface area contributed by atoms with Gasteiger partial charge >= 0.3 is 6.18 Å². The van der Waals surface area contributed by atoms with E-state index >= 15 is 4.39 Å². The molecule has 1 saturated heterocycles. The Labute approximate surface area is 253 Å². The minimum Gasteiger partial charge on any atom is -0.445 e. The molecule has 0 radical (unpaired) electrons. The number of carbonyl (C=O) groups is 1. The average Bonchev–Trinajstić information content (AvgIpc) is 3.20. The molecule has 0 saturated carbocycles. The summed E-state index contributed by atoms with van der Waals surface area (Å²) in [4.78, 5) is 24.3. The lowest BCUT2D eigenvalue weighted by Gasteiger charge is -2.42. The predicted molar refractivity (Wildman–Crippen MR) is 155 cm³/mol. The molecule has 1 fully saturated rings. The van der Waals surface area contributed by atoms with Gasteiger partial charge in [0.15, 0.2) is 6.10 Å². The van der Waals surface area contributed by atoms with Gasteiger partial charge in [0.1, 0.15) is 28.3 Å². The van der Waals surface area contributed by atoms with Crippen molar-refractivity contribution in [2.24, 2.45) is 22.1 Å². The van der Waals surface area contributed by atoms with Gasteiger partial charge in [0.05, 0.1) is 25.1 Å². The quantitative estimate of drug-likeness (QED) is 0.473. The van der Waals surface area contributed by atoms with Crippen molar-refractivity contribution in [2.75, 3.05) is 18.8 Å². The lowest BCUT2D eigenvalue weighted by molar-refractivity contribution is -0.218. The number of nitrogens with zero attached hydrogens (tertiary/aromatic N) is 4. The highest BCUT2D eigenvalue weighted by Crippen LogP contribution is 2.55. The fourth-order valence-corrected chi connectivity index (χ4v) is 4.42. The van der Waals surface area contributed by atoms with Gasteiger partial charge in [0, 0.05) is 17.2 Å². The molecular formula is C22H27F5N6O3S4. The van der Waals surface area contributed by atoms with Crippen molar-refractivity contribution < 1.29 is 36.2 Å². The average molecular weight is 647 g/mol. The van der Waals surface area contributed by atoms with Gasteiger partial charge in [0.25, 0.3) is 5.91 Å². The van der Waals surface area contributed by atoms with Gasteiger partial charge in [-0.15, -0.1) is 0 Å². The summed E-state index contributed by atoms with van der Waals surface area (Å²) in [5.74, 6) is -3.52. The first-order chi connectivity index (χ1) is 16.9. The zero-order valence-electron chi connectivity index (χ0n) is 20.6. The van der Waals surface area contributed by atoms with Crippen LogP contribution in [0.5, 0.6) is 5.88 Å². The fourth-order valence-electron chi connectivity index (χ4n) is 4.42. The van der Waals surface area contributed by atoms with Crippen LogP contribution in [0.4, 0.5) is 27.6 Å². The largest absolute Gasteiger partial charge is 0.445 e. The maximum Gasteiger partial charge on any atom is 0.415 e. The van der Waals surface area contributed by atoms with E-state index in [4.69, 9.17) is 10.5 Å². The summed E-state index contributed by atoms with van der Waals surface area (Å²) in [6.45, 7) is -0.417. The van der Waals surface area contributed by atoms with Crippen molar-refractivity contribution in [3.63, 3.8) is 0 Å². The van der Waals surface area contributed by atoms with E-state index in [2.05, 4.69) is 25.0 Å². The molecule has 1 aromatic heterocycles. The number of nitrogens with two attached hydrogens (primary N) is 1. The molecule has 2 aliphatic rings. The summed E-state index contributed by atoms with van der Waals surface area (Å²) in [6, 6.07) is 5.20. The number of fused-ring (bicyclic) bond motifs is 1. The Hall–Kier alpha value is -2.46. The Morgan fingerprint density at radius 3 is 2.48 bits per heavy atom. The third-order valence-corrected chi connectivity index (χ3v) is 6.30. The first-order valence-electron chi connectivity index (χ1n) is 10.5. The number of amides is 1. The van der Waals surface area contributed by atoms with Crippen LogP contribution in [-0.4, -0.2) is 47.5 Å². The molecule has 18 heteroatoms. The van der Waals surface area contributed by atoms with E-state index in [1.54, 1.807) is 0 Å². The first kappa shape index (κ1) is 37.5. The molecule has 4 atom stereocenters. The van der Waals surface area contributed by atoms with Crippen LogP contribution in [-0.2, 0) is 10.3 Å². The Morgan fingerprint density at radius 1 is 1.25 bits per heavy atom. The third-order valence-electron chi connectivity index (χ3n) is 6.30. The summed E-state index contributed by atoms with van der Waals surface area (Å²) < 4.78 is 78.3. The standard InChI is InChI=1S/C22H19F5N6O3.4H2S/c1-20(8-28)5-13-17(22(25,26)27)35-9-21(13,33-19(20)29)12-4-11(2-3-14(12)24)32-18(34)15-6-31-16(7-30-15)36-10-23;;;;/h2-4,6-7,13,17H,5,9-10H2,1H3,(H2,29,33)(H,32,34);4*1H2/t13-,17+,20+,21-;;;;/m1..../s1. The number of rotatable bonds is 5. The predicted octanol–water partition coefficient (Wildman–Crippen LogP) is 3.69. The van der Waals surface area contributed by atoms with E-state index in [0.717, 1.165) is 24.5 Å². The molecule has 9 nitrogen and oxygen atoms in total. The highest BCUT2D eigenvalue weighted by Gasteiger charge is 2.64. The molecule has 2 aliphatic heterocycles. The van der Waals surface area contributed by atoms with Crippen molar-refractivity contribution in [1.29, 1.82) is 5.26 Å². The van der Waals surface area contributed by atoms with Crippen LogP contribution in [0.15, 0.2) is 35.6 Å². The highest BCUT2D eigenvalue weighted by atomic mass is 32.1. The van der Waals surface area contributed by atoms with Crippen LogP contribution in [0.25, 0.3) is 0 Å². The van der Waals surface area contributed by atoms with E-state index in [1.807, 2.05) is 6.07 Å². The number of nitriles is 1. The number of hydrogen-bond acceptors (Lipinski definition) is 8. The maximum absolute atomic E-state index is 15.1. The Bertz CT molecular complexity index is 1270. The lowest BCUT2D eigenvalue weighted by atomic mass is 9.66. The van der Waals surface area contributed by atoms with Crippen LogP contribution >= 0.6 is 54.0 Å². The number of benzene rings is 1. The molecular weight excluding hydrogens is 620 g/mol. The van der Waals surface area contributed by atoms with Gasteiger partial charge in [-0.05, 0) is 31.5 Å². The SMILES string of the molecule is C[C@@]1(C#N)C[C@@H]2[C@@H](C(F)(F)F)OC[C@]2(c2cc(NC(=O)c3cnc(OCF)cn3)ccc2F)N=C1N.S.S.S.S. The molecule has 0 spiro atoms. The van der Waals surface area contributed by atoms with Crippen LogP contribution in [0.3, 0.4) is 0 Å². The maximum atomic E-state index is 15.1. The second-order valence-corrected chi connectivity index (χ2v) is 8.59. The zero-order valence-corrected chi connectivity index (χ0v) is 24.6. The minimum absolute atomic E-state index is 0. The second kappa shape index (κ2) is 13.9. The number of nitrogens with one attached hydrogen (secondary N) is 1. The monoisotopic (exact) mass is 646 g/mol. The summed E-state index contributed by atoms with van der Waals surface area (Å²) >= 11 is 0. The fraction of sp³-hybridized carbons (Fsp3) is 0.409. The Morgan fingerprint density at radius 2 is 1.93 bits per heavy atom. The van der Waals surface area contributed by atoms with Crippen molar-refractivity contribution in [2.45, 2.75) is 31.2 Å². The smallest absolute Gasteiger partial charge is 0.415 e. The summed E-state index contributed by atoms with van der Waals surface area (Å²) in [5.41, 5.74) is 2.15. The number of aromatic nitrogens is 2. The summed E-state index contributed by atoms with van der Waals surface area (Å²) in [5, 5.41) is 12.0. The van der Waals surface area contributed by atoms with E-state index in [1.165, 1.54) is 13.0 Å². The van der Waals surface area contributed by atoms with E-state index in [9.17, 15) is 27.6 Å². The van der Waals surface area contributed by atoms with Gasteiger partial charge < -0.3 is 20.5 Å². The summed E-state index contributed by atoms with van der Waals surface area (Å²) in [6.07, 6.45) is -5.44. The molecule has 0 unspecified atom stereocenters. The van der Waals surface area contributed by atoms with Crippen LogP contribution in [0.2, 0.25) is 0 Å². The number of anilines is 1. The highest BCUT2D eigenvalue weighted by molar-refractivity contribution is 7.59. The molecule has 0 aliphatic carbocycles. The first-order valence-corrected chi connectivity index (χ1v) is 10.5. The molecule has 222 valence electrons. The summed E-state index contributed by atoms with van der Waals surface area (Å²) in [7, 11) is 0. The van der Waals surface area contributed by atoms with Gasteiger partial charge in [-0.3, -0.25) is 9.79 Å². The van der Waals surface area contributed by atoms with E-state index < -0.39 is 54.3 Å². The molecule has 2 aromatic rings. The topological polar surface area (TPSA) is 136 Å². The lowest BCUT2D eigenvalue weighted by Crippen LogP contribution is -2.51. The number of hydrogen-bond donors (Lipinski definition) is 2. The molecule has 3 heterocycles. The van der Waals surface area contributed by atoms with Crippen LogP contribution < -0.4 is 15.8 Å². The van der Waals surface area contributed by atoms with E-state index in [0.29, 0.717) is 0 Å². The van der Waals surface area contributed by atoms with E-state index in [-0.39, 0.29) is 89.1 Å². The zero-order chi connectivity index (χ0) is 26.3. The Balaban J connectivity index is 0.00000380. The molecule has 1 aromatic carbocycles. The van der Waals surface area contributed by atoms with Crippen molar-refractivity contribution in [1.82, 2.24) is 9.97 Å². The number of amidine groups is 1. The van der Waals surface area contributed by atoms with Crippen molar-refractivity contribution in [3.8, 4) is 11.9 Å². The molecule has 4 rings (SSSR count). The van der Waals surface area contributed by atoms with Gasteiger partial charge in [-0.25, -0.2) is 18.7 Å². The van der Waals surface area contributed by atoms with Gasteiger partial charge in [-0.2, -0.15) is 72.4 Å². The number of carbonyl (C=O) groups excluding carboxylic acids is 1. The molecule has 3 N–H and O–H groups in total. The molecule has 0 bridgehead atoms. The normalized spacial score (nSPS) is 24.8.